The van der Waals surface area contributed by atoms with E-state index in [-0.39, 0.29) is 0 Å². The molecule has 0 unspecified atom stereocenters. The van der Waals surface area contributed by atoms with Crippen LogP contribution in [0, 0.1) is 0 Å². The Kier molecular flexibility index (Phi) is 8.76. The average Bonchev–Trinajstić information content (AvgIpc) is 2.84. The highest BCUT2D eigenvalue weighted by Gasteiger charge is 2.16. The molecule has 174 valence electrons. The topological polar surface area (TPSA) is 51.0 Å². The summed E-state index contributed by atoms with van der Waals surface area (Å²) in [4.78, 5) is 5.07. The molecular weight excluding hydrogens is 410 g/mol. The van der Waals surface area contributed by atoms with Crippen molar-refractivity contribution in [3.63, 3.8) is 0 Å². The molecule has 1 fully saturated rings. The summed E-state index contributed by atoms with van der Waals surface area (Å²) in [7, 11) is 0. The number of nitrogens with two attached hydrogens (primary N) is 1. The molecule has 3 aromatic carbocycles. The first-order valence-electron chi connectivity index (χ1n) is 11.9. The van der Waals surface area contributed by atoms with Gasteiger partial charge in [-0.05, 0) is 55.3 Å². The van der Waals surface area contributed by atoms with Crippen LogP contribution >= 0.6 is 0 Å². The standard InChI is InChI=1S/C28H35N3O2/c29-26-11-6-8-24(22-26)9-7-15-30-16-18-31(19-17-30)20-21-32-23-25-10-4-5-14-28(25)33-27-12-2-1-3-13-27/h1-6,8,10-14,22H,7,9,15-21,23,29H2. The first kappa shape index (κ1) is 23.3. The van der Waals surface area contributed by atoms with Gasteiger partial charge in [-0.1, -0.05) is 48.5 Å². The minimum Gasteiger partial charge on any atom is -0.457 e. The molecule has 33 heavy (non-hydrogen) atoms. The number of ether oxygens (including phenoxy) is 2. The summed E-state index contributed by atoms with van der Waals surface area (Å²) in [5, 5.41) is 0. The van der Waals surface area contributed by atoms with Crippen LogP contribution in [-0.4, -0.2) is 55.7 Å². The van der Waals surface area contributed by atoms with Gasteiger partial charge in [0, 0.05) is 44.0 Å². The number of piperazine rings is 1. The van der Waals surface area contributed by atoms with E-state index in [4.69, 9.17) is 15.2 Å². The Balaban J connectivity index is 1.12. The van der Waals surface area contributed by atoms with Crippen LogP contribution in [0.15, 0.2) is 78.9 Å². The Labute approximate surface area is 197 Å². The van der Waals surface area contributed by atoms with Gasteiger partial charge in [-0.3, -0.25) is 4.90 Å². The summed E-state index contributed by atoms with van der Waals surface area (Å²) in [6.45, 7) is 7.89. The largest absolute Gasteiger partial charge is 0.457 e. The number of anilines is 1. The number of para-hydroxylation sites is 2. The van der Waals surface area contributed by atoms with Crippen LogP contribution in [0.1, 0.15) is 17.5 Å². The first-order valence-corrected chi connectivity index (χ1v) is 11.9. The second-order valence-electron chi connectivity index (χ2n) is 8.61. The highest BCUT2D eigenvalue weighted by Crippen LogP contribution is 2.25. The van der Waals surface area contributed by atoms with Gasteiger partial charge in [0.25, 0.3) is 0 Å². The molecule has 2 N–H and O–H groups in total. The second-order valence-corrected chi connectivity index (χ2v) is 8.61. The number of hydrogen-bond acceptors (Lipinski definition) is 5. The molecule has 5 nitrogen and oxygen atoms in total. The van der Waals surface area contributed by atoms with Gasteiger partial charge in [0.15, 0.2) is 0 Å². The lowest BCUT2D eigenvalue weighted by Crippen LogP contribution is -2.47. The molecule has 0 radical (unpaired) electrons. The van der Waals surface area contributed by atoms with Gasteiger partial charge in [-0.15, -0.1) is 0 Å². The normalized spacial score (nSPS) is 14.9. The quantitative estimate of drug-likeness (QED) is 0.338. The van der Waals surface area contributed by atoms with Crippen LogP contribution in [-0.2, 0) is 17.8 Å². The Morgan fingerprint density at radius 1 is 0.758 bits per heavy atom. The Morgan fingerprint density at radius 3 is 2.27 bits per heavy atom. The maximum Gasteiger partial charge on any atom is 0.132 e. The molecule has 0 amide bonds. The molecule has 0 atom stereocenters. The molecule has 0 saturated carbocycles. The van der Waals surface area contributed by atoms with Gasteiger partial charge in [-0.25, -0.2) is 0 Å². The van der Waals surface area contributed by atoms with Crippen molar-refractivity contribution >= 4 is 5.69 Å². The smallest absolute Gasteiger partial charge is 0.132 e. The molecule has 1 aliphatic heterocycles. The van der Waals surface area contributed by atoms with Gasteiger partial charge < -0.3 is 20.1 Å². The molecular formula is C28H35N3O2. The van der Waals surface area contributed by atoms with Crippen LogP contribution in [0.3, 0.4) is 0 Å². The summed E-state index contributed by atoms with van der Waals surface area (Å²) >= 11 is 0. The van der Waals surface area contributed by atoms with E-state index in [1.165, 1.54) is 12.0 Å². The Morgan fingerprint density at radius 2 is 1.48 bits per heavy atom. The van der Waals surface area contributed by atoms with Crippen molar-refractivity contribution in [2.75, 3.05) is 51.6 Å². The van der Waals surface area contributed by atoms with E-state index in [0.717, 1.165) is 75.0 Å². The third kappa shape index (κ3) is 7.60. The molecule has 5 heteroatoms. The van der Waals surface area contributed by atoms with Gasteiger partial charge in [0.2, 0.25) is 0 Å². The number of benzene rings is 3. The lowest BCUT2D eigenvalue weighted by Gasteiger charge is -2.34. The van der Waals surface area contributed by atoms with Crippen molar-refractivity contribution in [3.05, 3.63) is 90.0 Å². The number of nitrogens with zero attached hydrogens (tertiary/aromatic N) is 2. The van der Waals surface area contributed by atoms with E-state index in [1.807, 2.05) is 60.7 Å². The van der Waals surface area contributed by atoms with Crippen molar-refractivity contribution in [3.8, 4) is 11.5 Å². The second kappa shape index (κ2) is 12.4. The van der Waals surface area contributed by atoms with E-state index in [2.05, 4.69) is 28.0 Å². The van der Waals surface area contributed by atoms with E-state index in [9.17, 15) is 0 Å². The van der Waals surface area contributed by atoms with Gasteiger partial charge in [0.05, 0.1) is 13.2 Å². The summed E-state index contributed by atoms with van der Waals surface area (Å²) in [5.74, 6) is 1.70. The van der Waals surface area contributed by atoms with Gasteiger partial charge in [0.1, 0.15) is 11.5 Å². The molecule has 4 rings (SSSR count). The summed E-state index contributed by atoms with van der Waals surface area (Å²) in [5.41, 5.74) is 9.14. The SMILES string of the molecule is Nc1cccc(CCCN2CCN(CCOCc3ccccc3Oc3ccccc3)CC2)c1. The summed E-state index contributed by atoms with van der Waals surface area (Å²) < 4.78 is 12.0. The third-order valence-electron chi connectivity index (χ3n) is 6.11. The fraction of sp³-hybridized carbons (Fsp3) is 0.357. The molecule has 0 aromatic heterocycles. The van der Waals surface area contributed by atoms with E-state index in [1.54, 1.807) is 0 Å². The molecule has 3 aromatic rings. The highest BCUT2D eigenvalue weighted by molar-refractivity contribution is 5.40. The Bertz CT molecular complexity index is 972. The monoisotopic (exact) mass is 445 g/mol. The lowest BCUT2D eigenvalue weighted by molar-refractivity contribution is 0.0676. The number of rotatable bonds is 11. The molecule has 0 spiro atoms. The zero-order chi connectivity index (χ0) is 22.7. The minimum absolute atomic E-state index is 0.562. The van der Waals surface area contributed by atoms with E-state index in [0.29, 0.717) is 6.61 Å². The fourth-order valence-corrected chi connectivity index (χ4v) is 4.21. The van der Waals surface area contributed by atoms with E-state index < -0.39 is 0 Å². The van der Waals surface area contributed by atoms with Crippen molar-refractivity contribution < 1.29 is 9.47 Å². The average molecular weight is 446 g/mol. The minimum atomic E-state index is 0.562. The third-order valence-corrected chi connectivity index (χ3v) is 6.11. The molecule has 0 aliphatic carbocycles. The van der Waals surface area contributed by atoms with Crippen molar-refractivity contribution in [2.24, 2.45) is 0 Å². The van der Waals surface area contributed by atoms with Crippen LogP contribution in [0.5, 0.6) is 11.5 Å². The maximum atomic E-state index is 6.03. The van der Waals surface area contributed by atoms with Gasteiger partial charge >= 0.3 is 0 Å². The predicted molar refractivity (Wildman–Crippen MR) is 135 cm³/mol. The Hall–Kier alpha value is -2.86. The van der Waals surface area contributed by atoms with Gasteiger partial charge in [-0.2, -0.15) is 0 Å². The highest BCUT2D eigenvalue weighted by atomic mass is 16.5. The summed E-state index contributed by atoms with van der Waals surface area (Å²) in [6, 6.07) is 26.2. The number of aryl methyl sites for hydroxylation is 1. The van der Waals surface area contributed by atoms with E-state index >= 15 is 0 Å². The molecule has 1 saturated heterocycles. The lowest BCUT2D eigenvalue weighted by atomic mass is 10.1. The molecule has 0 bridgehead atoms. The zero-order valence-electron chi connectivity index (χ0n) is 19.4. The van der Waals surface area contributed by atoms with Crippen LogP contribution < -0.4 is 10.5 Å². The summed E-state index contributed by atoms with van der Waals surface area (Å²) in [6.07, 6.45) is 2.27. The van der Waals surface area contributed by atoms with Crippen LogP contribution in [0.25, 0.3) is 0 Å². The zero-order valence-corrected chi connectivity index (χ0v) is 19.4. The maximum absolute atomic E-state index is 6.03. The fourth-order valence-electron chi connectivity index (χ4n) is 4.21. The predicted octanol–water partition coefficient (Wildman–Crippen LogP) is 4.83. The van der Waals surface area contributed by atoms with Crippen molar-refractivity contribution in [1.82, 2.24) is 9.80 Å². The molecule has 1 aliphatic rings. The molecule has 1 heterocycles. The van der Waals surface area contributed by atoms with Crippen molar-refractivity contribution in [1.29, 1.82) is 0 Å². The van der Waals surface area contributed by atoms with Crippen molar-refractivity contribution in [2.45, 2.75) is 19.4 Å². The number of nitrogen functional groups attached to an aromatic ring is 1. The van der Waals surface area contributed by atoms with Crippen LogP contribution in [0.2, 0.25) is 0 Å². The first-order chi connectivity index (χ1) is 16.3. The number of hydrogen-bond donors (Lipinski definition) is 1. The van der Waals surface area contributed by atoms with Crippen LogP contribution in [0.4, 0.5) is 5.69 Å².